The van der Waals surface area contributed by atoms with Gasteiger partial charge in [-0.05, 0) is 33.2 Å². The van der Waals surface area contributed by atoms with E-state index in [0.29, 0.717) is 12.6 Å². The largest absolute Gasteiger partial charge is 0.352 e. The van der Waals surface area contributed by atoms with Crippen molar-refractivity contribution < 1.29 is 9.72 Å². The van der Waals surface area contributed by atoms with E-state index in [-0.39, 0.29) is 24.0 Å². The van der Waals surface area contributed by atoms with Crippen molar-refractivity contribution in [2.24, 2.45) is 0 Å². The van der Waals surface area contributed by atoms with E-state index < -0.39 is 10.5 Å². The summed E-state index contributed by atoms with van der Waals surface area (Å²) in [7, 11) is 0. The molecule has 1 atom stereocenters. The molecule has 0 bridgehead atoms. The fraction of sp³-hybridized carbons (Fsp3) is 0.667. The molecule has 9 heteroatoms. The van der Waals surface area contributed by atoms with Gasteiger partial charge in [0.15, 0.2) is 0 Å². The third-order valence-electron chi connectivity index (χ3n) is 3.58. The van der Waals surface area contributed by atoms with Gasteiger partial charge in [-0.2, -0.15) is 5.10 Å². The number of hydrogen-bond acceptors (Lipinski definition) is 5. The van der Waals surface area contributed by atoms with Crippen molar-refractivity contribution >= 4 is 24.0 Å². The zero-order valence-electron chi connectivity index (χ0n) is 12.0. The fourth-order valence-electron chi connectivity index (χ4n) is 2.18. The highest BCUT2D eigenvalue weighted by molar-refractivity contribution is 5.85. The molecule has 21 heavy (non-hydrogen) atoms. The Balaban J connectivity index is 0.00000220. The van der Waals surface area contributed by atoms with Crippen LogP contribution in [0.1, 0.15) is 26.7 Å². The first-order valence-electron chi connectivity index (χ1n) is 6.62. The summed E-state index contributed by atoms with van der Waals surface area (Å²) in [5.74, 6) is -0.204. The molecule has 1 saturated heterocycles. The summed E-state index contributed by atoms with van der Waals surface area (Å²) >= 11 is 0. The Morgan fingerprint density at radius 2 is 2.38 bits per heavy atom. The highest BCUT2D eigenvalue weighted by Crippen LogP contribution is 2.18. The first-order valence-corrected chi connectivity index (χ1v) is 6.62. The second kappa shape index (κ2) is 6.86. The summed E-state index contributed by atoms with van der Waals surface area (Å²) in [4.78, 5) is 22.4. The molecule has 2 rings (SSSR count). The number of hydrogen-bond donors (Lipinski definition) is 2. The minimum atomic E-state index is -0.965. The summed E-state index contributed by atoms with van der Waals surface area (Å²) in [6, 6.07) is 0.307. The molecule has 1 fully saturated rings. The summed E-state index contributed by atoms with van der Waals surface area (Å²) in [6.45, 7) is 4.91. The zero-order valence-corrected chi connectivity index (χ0v) is 12.9. The van der Waals surface area contributed by atoms with Crippen LogP contribution in [-0.2, 0) is 10.3 Å². The lowest BCUT2D eigenvalue weighted by molar-refractivity contribution is -0.385. The predicted molar refractivity (Wildman–Crippen MR) is 79.5 cm³/mol. The first kappa shape index (κ1) is 17.4. The molecule has 1 aromatic rings. The molecule has 0 radical (unpaired) electrons. The van der Waals surface area contributed by atoms with Crippen LogP contribution in [-0.4, -0.2) is 39.7 Å². The Morgan fingerprint density at radius 1 is 1.67 bits per heavy atom. The van der Waals surface area contributed by atoms with Crippen molar-refractivity contribution in [1.82, 2.24) is 20.4 Å². The maximum absolute atomic E-state index is 12.2. The lowest BCUT2D eigenvalue weighted by Crippen LogP contribution is -2.48. The molecule has 1 amide bonds. The van der Waals surface area contributed by atoms with Gasteiger partial charge in [-0.15, -0.1) is 12.4 Å². The molecule has 0 saturated carbocycles. The number of carbonyl (C=O) groups excluding carboxylic acids is 1. The Bertz CT molecular complexity index is 511. The van der Waals surface area contributed by atoms with Crippen molar-refractivity contribution in [3.05, 3.63) is 22.5 Å². The van der Waals surface area contributed by atoms with Crippen LogP contribution in [0.5, 0.6) is 0 Å². The van der Waals surface area contributed by atoms with Crippen LogP contribution >= 0.6 is 12.4 Å². The fourth-order valence-corrected chi connectivity index (χ4v) is 2.18. The summed E-state index contributed by atoms with van der Waals surface area (Å²) in [5, 5.41) is 20.7. The van der Waals surface area contributed by atoms with Crippen molar-refractivity contribution in [1.29, 1.82) is 0 Å². The maximum atomic E-state index is 12.2. The summed E-state index contributed by atoms with van der Waals surface area (Å²) in [5.41, 5.74) is -1.09. The van der Waals surface area contributed by atoms with E-state index in [9.17, 15) is 14.9 Å². The molecule has 1 unspecified atom stereocenters. The minimum Gasteiger partial charge on any atom is -0.352 e. The van der Waals surface area contributed by atoms with Crippen LogP contribution in [0.15, 0.2) is 12.4 Å². The molecule has 1 aromatic heterocycles. The van der Waals surface area contributed by atoms with Crippen molar-refractivity contribution in [3.8, 4) is 0 Å². The minimum absolute atomic E-state index is 0. The van der Waals surface area contributed by atoms with Gasteiger partial charge in [-0.1, -0.05) is 0 Å². The third kappa shape index (κ3) is 3.92. The standard InChI is InChI=1S/C12H19N5O3.ClH/c1-12(2,16-8-10(7-15-16)17(19)20)11(18)14-6-9-4-3-5-13-9;/h7-9,13H,3-6H2,1-2H3,(H,14,18);1H. The Morgan fingerprint density at radius 3 is 2.90 bits per heavy atom. The summed E-state index contributed by atoms with van der Waals surface area (Å²) < 4.78 is 1.32. The second-order valence-corrected chi connectivity index (χ2v) is 5.46. The zero-order chi connectivity index (χ0) is 14.8. The average Bonchev–Trinajstić information content (AvgIpc) is 3.06. The van der Waals surface area contributed by atoms with E-state index in [1.165, 1.54) is 10.9 Å². The third-order valence-corrected chi connectivity index (χ3v) is 3.58. The second-order valence-electron chi connectivity index (χ2n) is 5.46. The van der Waals surface area contributed by atoms with Crippen LogP contribution in [0.3, 0.4) is 0 Å². The molecule has 0 aromatic carbocycles. The number of nitro groups is 1. The molecule has 2 N–H and O–H groups in total. The van der Waals surface area contributed by atoms with Gasteiger partial charge in [-0.3, -0.25) is 19.6 Å². The molecule has 118 valence electrons. The van der Waals surface area contributed by atoms with E-state index in [2.05, 4.69) is 15.7 Å². The van der Waals surface area contributed by atoms with E-state index in [0.717, 1.165) is 25.6 Å². The number of nitrogens with zero attached hydrogens (tertiary/aromatic N) is 3. The molecule has 0 spiro atoms. The van der Waals surface area contributed by atoms with Gasteiger partial charge < -0.3 is 10.6 Å². The van der Waals surface area contributed by atoms with Crippen molar-refractivity contribution in [3.63, 3.8) is 0 Å². The van der Waals surface area contributed by atoms with Crippen LogP contribution in [0, 0.1) is 10.1 Å². The Hall–Kier alpha value is -1.67. The van der Waals surface area contributed by atoms with Gasteiger partial charge in [-0.25, -0.2) is 0 Å². The molecular weight excluding hydrogens is 298 g/mol. The van der Waals surface area contributed by atoms with Crippen LogP contribution < -0.4 is 10.6 Å². The number of carbonyl (C=O) groups is 1. The van der Waals surface area contributed by atoms with E-state index in [1.807, 2.05) is 0 Å². The van der Waals surface area contributed by atoms with E-state index in [4.69, 9.17) is 0 Å². The number of halogens is 1. The normalized spacial score (nSPS) is 18.1. The highest BCUT2D eigenvalue weighted by Gasteiger charge is 2.32. The molecule has 1 aliphatic heterocycles. The highest BCUT2D eigenvalue weighted by atomic mass is 35.5. The van der Waals surface area contributed by atoms with Gasteiger partial charge in [0.1, 0.15) is 17.9 Å². The van der Waals surface area contributed by atoms with Crippen molar-refractivity contribution in [2.45, 2.75) is 38.3 Å². The summed E-state index contributed by atoms with van der Waals surface area (Å²) in [6.07, 6.45) is 4.59. The van der Waals surface area contributed by atoms with Gasteiger partial charge >= 0.3 is 5.69 Å². The quantitative estimate of drug-likeness (QED) is 0.618. The number of rotatable bonds is 5. The Labute approximate surface area is 128 Å². The number of amides is 1. The molecular formula is C12H20ClN5O3. The van der Waals surface area contributed by atoms with Crippen molar-refractivity contribution in [2.75, 3.05) is 13.1 Å². The van der Waals surface area contributed by atoms with Gasteiger partial charge in [0.25, 0.3) is 0 Å². The van der Waals surface area contributed by atoms with Crippen LogP contribution in [0.4, 0.5) is 5.69 Å². The smallest absolute Gasteiger partial charge is 0.307 e. The van der Waals surface area contributed by atoms with E-state index >= 15 is 0 Å². The number of aromatic nitrogens is 2. The maximum Gasteiger partial charge on any atom is 0.307 e. The number of nitrogens with one attached hydrogen (secondary N) is 2. The molecule has 8 nitrogen and oxygen atoms in total. The van der Waals surface area contributed by atoms with Crippen LogP contribution in [0.25, 0.3) is 0 Å². The lowest BCUT2D eigenvalue weighted by atomic mass is 10.0. The molecule has 1 aliphatic rings. The average molecular weight is 318 g/mol. The van der Waals surface area contributed by atoms with Crippen LogP contribution in [0.2, 0.25) is 0 Å². The SMILES string of the molecule is CC(C)(C(=O)NCC1CCCN1)n1cc([N+](=O)[O-])cn1.Cl. The lowest BCUT2D eigenvalue weighted by Gasteiger charge is -2.24. The first-order chi connectivity index (χ1) is 9.41. The van der Waals surface area contributed by atoms with Gasteiger partial charge in [0, 0.05) is 12.6 Å². The van der Waals surface area contributed by atoms with Gasteiger partial charge in [0.2, 0.25) is 5.91 Å². The monoisotopic (exact) mass is 317 g/mol. The predicted octanol–water partition coefficient (Wildman–Crippen LogP) is 0.816. The molecule has 2 heterocycles. The van der Waals surface area contributed by atoms with E-state index in [1.54, 1.807) is 13.8 Å². The molecule has 0 aliphatic carbocycles. The van der Waals surface area contributed by atoms with Gasteiger partial charge in [0.05, 0.1) is 4.92 Å². The topological polar surface area (TPSA) is 102 Å². The Kier molecular flexibility index (Phi) is 5.68.